The van der Waals surface area contributed by atoms with Crippen molar-refractivity contribution in [3.8, 4) is 11.5 Å². The molecule has 0 bridgehead atoms. The third-order valence-electron chi connectivity index (χ3n) is 11.6. The van der Waals surface area contributed by atoms with Crippen molar-refractivity contribution < 1.29 is 129 Å². The Morgan fingerprint density at radius 2 is 0.339 bits per heavy atom. The minimum absolute atomic E-state index is 0. The molecule has 10 aromatic carbocycles. The largest absolute Gasteiger partial charge is 1.00 e. The molecule has 0 heterocycles. The summed E-state index contributed by atoms with van der Waals surface area (Å²) in [5.74, 6) is 1.78. The van der Waals surface area contributed by atoms with Crippen LogP contribution in [0.4, 0.5) is 0 Å². The van der Waals surface area contributed by atoms with Crippen LogP contribution in [0.15, 0.2) is 262 Å². The van der Waals surface area contributed by atoms with Crippen LogP contribution in [0.5, 0.6) is 11.5 Å². The second-order valence-corrected chi connectivity index (χ2v) is 22.3. The molecule has 0 atom stereocenters. The second-order valence-electron chi connectivity index (χ2n) is 18.4. The number of ether oxygens (including phenoxy) is 2. The molecule has 109 heavy (non-hydrogen) atoms. The minimum atomic E-state index is -3.37. The number of methoxy groups -OCH3 is 2. The summed E-state index contributed by atoms with van der Waals surface area (Å²) in [5.41, 5.74) is 11.9. The fraction of sp³-hybridized carbons (Fsp3) is 0.394. The zero-order valence-corrected chi connectivity index (χ0v) is 84.9. The number of benzene rings is 10. The van der Waals surface area contributed by atoms with Crippen molar-refractivity contribution in [3.05, 3.63) is 323 Å². The van der Waals surface area contributed by atoms with Gasteiger partial charge < -0.3 is 9.47 Å². The van der Waals surface area contributed by atoms with Gasteiger partial charge in [-0.2, -0.15) is 144 Å². The van der Waals surface area contributed by atoms with Gasteiger partial charge in [0.2, 0.25) is 19.7 Å². The molecule has 0 N–H and O–H groups in total. The molecule has 0 saturated heterocycles. The van der Waals surface area contributed by atoms with Gasteiger partial charge >= 0.3 is 103 Å². The van der Waals surface area contributed by atoms with E-state index in [2.05, 4.69) is 76.2 Å². The summed E-state index contributed by atoms with van der Waals surface area (Å²) in [6, 6.07) is 87.1. The molecule has 10 aromatic rings. The summed E-state index contributed by atoms with van der Waals surface area (Å²) in [5, 5.41) is 0. The van der Waals surface area contributed by atoms with Crippen LogP contribution in [-0.2, 0) is 26.1 Å². The smallest absolute Gasteiger partial charge is 0.497 e. The molecule has 0 fully saturated rings. The first-order valence-electron chi connectivity index (χ1n) is 39.6. The number of hydrogen-bond acceptors (Lipinski definition) is 6. The molecular formula is C99H156K2O6S2-2. The average Bonchev–Trinajstić information content (AvgIpc) is 0.814. The first kappa shape index (κ1) is 133. The summed E-state index contributed by atoms with van der Waals surface area (Å²) in [4.78, 5) is 1.36. The Bertz CT molecular complexity index is 3050. The molecule has 0 aliphatic heterocycles. The predicted octanol–water partition coefficient (Wildman–Crippen LogP) is 25.1. The maximum Gasteiger partial charge on any atom is 1.00 e. The van der Waals surface area contributed by atoms with E-state index in [0.29, 0.717) is 19.6 Å². The van der Waals surface area contributed by atoms with Crippen molar-refractivity contribution in [1.82, 2.24) is 0 Å². The number of aryl methyl sites for hydroxylation is 8. The van der Waals surface area contributed by atoms with Gasteiger partial charge in [-0.15, -0.1) is 0 Å². The molecule has 10 heteroatoms. The van der Waals surface area contributed by atoms with Gasteiger partial charge in [0.1, 0.15) is 11.5 Å². The van der Waals surface area contributed by atoms with Crippen molar-refractivity contribution in [1.29, 1.82) is 0 Å². The standard InChI is InChI=1S/C15H16O2.2C14H14O2S.4C7H7.14C2H6.2K/c1-16-14-7-3-12(4-8-14)11-13-5-9-15(17-2)10-6-13;2*1-11-3-7-13(8-4-11)17(15,16)14-9-5-12(2)6-10-14;4*1-7-5-3-2-4-6-7;14*1-2;;/h3-10H,11H2,1-2H3;2*3-10H,1-2H3;4*3-6H,1H3;14*1-2H3;;/q;;;4*-1;;;;;;;;;;;;;;;2*+1. The molecule has 604 valence electrons. The zero-order chi connectivity index (χ0) is 85.5. The Morgan fingerprint density at radius 3 is 0.450 bits per heavy atom. The summed E-state index contributed by atoms with van der Waals surface area (Å²) in [6.07, 6.45) is 0.925. The minimum Gasteiger partial charge on any atom is -0.497 e. The Labute approximate surface area is 763 Å². The predicted molar refractivity (Wildman–Crippen MR) is 483 cm³/mol. The summed E-state index contributed by atoms with van der Waals surface area (Å²) < 4.78 is 59.3. The molecule has 10 rings (SSSR count). The Kier molecular flexibility index (Phi) is 126. The topological polar surface area (TPSA) is 86.7 Å². The van der Waals surface area contributed by atoms with Gasteiger partial charge in [0, 0.05) is 0 Å². The molecule has 0 aliphatic carbocycles. The van der Waals surface area contributed by atoms with E-state index in [1.807, 2.05) is 343 Å². The molecular weight excluding hydrogens is 1430 g/mol. The van der Waals surface area contributed by atoms with E-state index < -0.39 is 19.7 Å². The Morgan fingerprint density at radius 1 is 0.211 bits per heavy atom. The quantitative estimate of drug-likeness (QED) is 0.111. The number of sulfone groups is 2. The fourth-order valence-electron chi connectivity index (χ4n) is 6.75. The van der Waals surface area contributed by atoms with Crippen LogP contribution >= 0.6 is 0 Å². The third-order valence-corrected chi connectivity index (χ3v) is 15.2. The van der Waals surface area contributed by atoms with Gasteiger partial charge in [0.15, 0.2) is 0 Å². The van der Waals surface area contributed by atoms with Gasteiger partial charge in [-0.3, -0.25) is 0 Å². The maximum absolute atomic E-state index is 12.3. The van der Waals surface area contributed by atoms with Gasteiger partial charge in [-0.05, 0) is 118 Å². The molecule has 0 amide bonds. The Balaban J connectivity index is -0.0000000866. The van der Waals surface area contributed by atoms with E-state index >= 15 is 0 Å². The van der Waals surface area contributed by atoms with Crippen molar-refractivity contribution in [2.45, 2.75) is 275 Å². The summed E-state index contributed by atoms with van der Waals surface area (Å²) in [6.45, 7) is 72.0. The first-order chi connectivity index (χ1) is 51.9. The van der Waals surface area contributed by atoms with Gasteiger partial charge in [-0.1, -0.05) is 317 Å². The van der Waals surface area contributed by atoms with Crippen LogP contribution in [0.1, 0.15) is 249 Å². The number of hydrogen-bond donors (Lipinski definition) is 0. The maximum atomic E-state index is 12.3. The molecule has 0 spiro atoms. The Hall–Kier alpha value is -5.03. The number of rotatable bonds is 8. The first-order valence-corrected chi connectivity index (χ1v) is 42.6. The van der Waals surface area contributed by atoms with Gasteiger partial charge in [0.25, 0.3) is 0 Å². The van der Waals surface area contributed by atoms with Crippen LogP contribution in [0.25, 0.3) is 0 Å². The monoisotopic (exact) mass is 1580 g/mol. The van der Waals surface area contributed by atoms with E-state index in [-0.39, 0.29) is 103 Å². The van der Waals surface area contributed by atoms with Crippen molar-refractivity contribution in [2.24, 2.45) is 0 Å². The molecule has 0 aliphatic rings. The summed E-state index contributed by atoms with van der Waals surface area (Å²) in [7, 11) is -3.39. The van der Waals surface area contributed by atoms with E-state index in [4.69, 9.17) is 9.47 Å². The van der Waals surface area contributed by atoms with E-state index in [1.165, 1.54) is 33.4 Å². The van der Waals surface area contributed by atoms with Crippen molar-refractivity contribution in [2.75, 3.05) is 14.2 Å². The SMILES string of the molecule is CC.CC.CC.CC.CC.CC.CC.CC.CC.CC.CC.CC.CC.CC.COc1ccc(Cc2ccc(OC)cc2)cc1.Cc1cc[c-]cc1.Cc1cc[c-]cc1.Cc1cc[c-]cc1.Cc1cc[c-]cc1.Cc1ccc(S(=O)(=O)c2ccc(C)cc2)cc1.Cc1ccc(S(=O)(=O)c2ccc(C)cc2)cc1.[K+].[K+]. The van der Waals surface area contributed by atoms with Crippen LogP contribution < -0.4 is 112 Å². The van der Waals surface area contributed by atoms with E-state index in [1.54, 1.807) is 111 Å². The molecule has 6 nitrogen and oxygen atoms in total. The second kappa shape index (κ2) is 103. The normalized spacial score (nSPS) is 8.13. The van der Waals surface area contributed by atoms with Crippen LogP contribution in [0.3, 0.4) is 0 Å². The van der Waals surface area contributed by atoms with E-state index in [0.717, 1.165) is 40.2 Å². The van der Waals surface area contributed by atoms with Crippen molar-refractivity contribution in [3.63, 3.8) is 0 Å². The summed E-state index contributed by atoms with van der Waals surface area (Å²) >= 11 is 0. The van der Waals surface area contributed by atoms with Crippen molar-refractivity contribution >= 4 is 19.7 Å². The van der Waals surface area contributed by atoms with Crippen LogP contribution in [0.2, 0.25) is 0 Å². The van der Waals surface area contributed by atoms with Gasteiger partial charge in [-0.25, -0.2) is 16.8 Å². The molecule has 0 saturated carbocycles. The average molecular weight is 1580 g/mol. The van der Waals surface area contributed by atoms with E-state index in [9.17, 15) is 16.8 Å². The zero-order valence-electron chi connectivity index (χ0n) is 77.1. The fourth-order valence-corrected chi connectivity index (χ4v) is 9.27. The van der Waals surface area contributed by atoms with Gasteiger partial charge in [0.05, 0.1) is 33.8 Å². The third kappa shape index (κ3) is 74.2. The van der Waals surface area contributed by atoms with Crippen LogP contribution in [-0.4, -0.2) is 31.1 Å². The van der Waals surface area contributed by atoms with Crippen LogP contribution in [0, 0.1) is 79.7 Å². The molecule has 0 aromatic heterocycles. The molecule has 0 radical (unpaired) electrons. The molecule has 0 unspecified atom stereocenters.